The van der Waals surface area contributed by atoms with Crippen molar-refractivity contribution in [2.75, 3.05) is 6.61 Å². The Labute approximate surface area is 205 Å². The predicted octanol–water partition coefficient (Wildman–Crippen LogP) is 7.40. The standard InChI is InChI=1S/C25H19Cl2IO3/c1-2-30-23-11-15(9-18-12-16-5-3-4-6-20(16)24(18)29)10-22(28)25(23)31-14-17-7-8-19(26)13-21(17)27/h3-11,13H,2,12,14H2,1H3/b18-9+. The highest BCUT2D eigenvalue weighted by Crippen LogP contribution is 2.37. The van der Waals surface area contributed by atoms with Crippen LogP contribution in [0.25, 0.3) is 6.08 Å². The van der Waals surface area contributed by atoms with Gasteiger partial charge in [0.15, 0.2) is 17.3 Å². The van der Waals surface area contributed by atoms with Crippen molar-refractivity contribution < 1.29 is 14.3 Å². The van der Waals surface area contributed by atoms with E-state index in [1.54, 1.807) is 12.1 Å². The summed E-state index contributed by atoms with van der Waals surface area (Å²) in [6.07, 6.45) is 2.58. The zero-order chi connectivity index (χ0) is 22.0. The van der Waals surface area contributed by atoms with E-state index >= 15 is 0 Å². The smallest absolute Gasteiger partial charge is 0.189 e. The van der Waals surface area contributed by atoms with Gasteiger partial charge < -0.3 is 9.47 Å². The maximum Gasteiger partial charge on any atom is 0.189 e. The van der Waals surface area contributed by atoms with Crippen molar-refractivity contribution >= 4 is 57.7 Å². The van der Waals surface area contributed by atoms with Gasteiger partial charge in [0.05, 0.1) is 10.2 Å². The summed E-state index contributed by atoms with van der Waals surface area (Å²) in [5, 5.41) is 1.14. The Hall–Kier alpha value is -2.02. The van der Waals surface area contributed by atoms with E-state index < -0.39 is 0 Å². The lowest BCUT2D eigenvalue weighted by Gasteiger charge is -2.15. The third-order valence-electron chi connectivity index (χ3n) is 4.99. The lowest BCUT2D eigenvalue weighted by Crippen LogP contribution is -2.03. The van der Waals surface area contributed by atoms with E-state index in [2.05, 4.69) is 22.6 Å². The first-order chi connectivity index (χ1) is 15.0. The number of rotatable bonds is 6. The minimum absolute atomic E-state index is 0.0845. The summed E-state index contributed by atoms with van der Waals surface area (Å²) < 4.78 is 12.8. The van der Waals surface area contributed by atoms with Crippen LogP contribution in [-0.4, -0.2) is 12.4 Å². The van der Waals surface area contributed by atoms with Crippen molar-refractivity contribution in [3.05, 3.63) is 96.0 Å². The molecule has 3 aromatic carbocycles. The highest BCUT2D eigenvalue weighted by Gasteiger charge is 2.24. The molecule has 0 unspecified atom stereocenters. The van der Waals surface area contributed by atoms with E-state index in [-0.39, 0.29) is 5.78 Å². The Bertz CT molecular complexity index is 1190. The zero-order valence-corrected chi connectivity index (χ0v) is 20.4. The highest BCUT2D eigenvalue weighted by atomic mass is 127. The fraction of sp³-hybridized carbons (Fsp3) is 0.160. The average molecular weight is 565 g/mol. The van der Waals surface area contributed by atoms with Crippen LogP contribution in [0.15, 0.2) is 60.2 Å². The van der Waals surface area contributed by atoms with Crippen LogP contribution in [0.3, 0.4) is 0 Å². The lowest BCUT2D eigenvalue weighted by atomic mass is 10.1. The Morgan fingerprint density at radius 1 is 1.06 bits per heavy atom. The number of allylic oxidation sites excluding steroid dienone is 1. The van der Waals surface area contributed by atoms with Crippen LogP contribution in [0, 0.1) is 3.57 Å². The van der Waals surface area contributed by atoms with Gasteiger partial charge in [0, 0.05) is 33.2 Å². The van der Waals surface area contributed by atoms with Gasteiger partial charge >= 0.3 is 0 Å². The van der Waals surface area contributed by atoms with E-state index in [1.165, 1.54) is 0 Å². The maximum absolute atomic E-state index is 12.7. The molecule has 0 aliphatic heterocycles. The third kappa shape index (κ3) is 4.92. The fourth-order valence-corrected chi connectivity index (χ4v) is 4.78. The maximum atomic E-state index is 12.7. The molecule has 0 atom stereocenters. The summed E-state index contributed by atoms with van der Waals surface area (Å²) >= 11 is 14.5. The Kier molecular flexibility index (Phi) is 6.89. The Morgan fingerprint density at radius 2 is 1.87 bits per heavy atom. The first-order valence-corrected chi connectivity index (χ1v) is 11.7. The molecule has 0 heterocycles. The highest BCUT2D eigenvalue weighted by molar-refractivity contribution is 14.1. The van der Waals surface area contributed by atoms with Crippen molar-refractivity contribution in [3.63, 3.8) is 0 Å². The molecule has 0 aromatic heterocycles. The number of hydrogen-bond acceptors (Lipinski definition) is 3. The fourth-order valence-electron chi connectivity index (χ4n) is 3.54. The molecule has 0 fully saturated rings. The molecule has 0 spiro atoms. The van der Waals surface area contributed by atoms with Gasteiger partial charge in [0.25, 0.3) is 0 Å². The van der Waals surface area contributed by atoms with Crippen LogP contribution in [0.4, 0.5) is 0 Å². The summed E-state index contributed by atoms with van der Waals surface area (Å²) in [7, 11) is 0. The van der Waals surface area contributed by atoms with E-state index in [0.717, 1.165) is 31.4 Å². The number of ether oxygens (including phenoxy) is 2. The van der Waals surface area contributed by atoms with Crippen molar-refractivity contribution in [2.24, 2.45) is 0 Å². The summed E-state index contributed by atoms with van der Waals surface area (Å²) in [4.78, 5) is 12.7. The Morgan fingerprint density at radius 3 is 2.61 bits per heavy atom. The summed E-state index contributed by atoms with van der Waals surface area (Å²) in [6.45, 7) is 2.72. The minimum atomic E-state index is 0.0845. The molecule has 3 aromatic rings. The number of Topliss-reactive ketones (excluding diaryl/α,β-unsaturated/α-hetero) is 1. The Balaban J connectivity index is 1.61. The second-order valence-electron chi connectivity index (χ2n) is 7.12. The number of benzene rings is 3. The molecule has 0 N–H and O–H groups in total. The third-order valence-corrected chi connectivity index (χ3v) is 6.38. The number of carbonyl (C=O) groups excluding carboxylic acids is 1. The molecule has 0 amide bonds. The van der Waals surface area contributed by atoms with Gasteiger partial charge in [-0.05, 0) is 71.0 Å². The molecule has 3 nitrogen and oxygen atoms in total. The number of carbonyl (C=O) groups is 1. The summed E-state index contributed by atoms with van der Waals surface area (Å²) in [5.41, 5.74) is 4.37. The molecule has 1 aliphatic rings. The molecular weight excluding hydrogens is 546 g/mol. The van der Waals surface area contributed by atoms with Crippen LogP contribution in [0.2, 0.25) is 10.0 Å². The molecule has 4 rings (SSSR count). The van der Waals surface area contributed by atoms with Crippen LogP contribution >= 0.6 is 45.8 Å². The largest absolute Gasteiger partial charge is 0.490 e. The second-order valence-corrected chi connectivity index (χ2v) is 9.13. The average Bonchev–Trinajstić information content (AvgIpc) is 3.04. The minimum Gasteiger partial charge on any atom is -0.490 e. The number of halogens is 3. The van der Waals surface area contributed by atoms with Crippen LogP contribution < -0.4 is 9.47 Å². The summed E-state index contributed by atoms with van der Waals surface area (Å²) in [6, 6.07) is 17.0. The SMILES string of the molecule is CCOc1cc(/C=C2\Cc3ccccc3C2=O)cc(I)c1OCc1ccc(Cl)cc1Cl. The quantitative estimate of drug-likeness (QED) is 0.231. The number of hydrogen-bond donors (Lipinski definition) is 0. The predicted molar refractivity (Wildman–Crippen MR) is 134 cm³/mol. The van der Waals surface area contributed by atoms with Gasteiger partial charge in [-0.1, -0.05) is 53.5 Å². The summed E-state index contributed by atoms with van der Waals surface area (Å²) in [5.74, 6) is 1.37. The molecule has 1 aliphatic carbocycles. The van der Waals surface area contributed by atoms with E-state index in [9.17, 15) is 4.79 Å². The van der Waals surface area contributed by atoms with Crippen molar-refractivity contribution in [1.29, 1.82) is 0 Å². The molecule has 158 valence electrons. The zero-order valence-electron chi connectivity index (χ0n) is 16.8. The molecule has 6 heteroatoms. The monoisotopic (exact) mass is 564 g/mol. The van der Waals surface area contributed by atoms with Gasteiger partial charge in [0.1, 0.15) is 6.61 Å². The van der Waals surface area contributed by atoms with E-state index in [0.29, 0.717) is 41.2 Å². The van der Waals surface area contributed by atoms with Gasteiger partial charge in [-0.2, -0.15) is 0 Å². The molecule has 0 bridgehead atoms. The number of ketones is 1. The molecular formula is C25H19Cl2IO3. The second kappa shape index (κ2) is 9.63. The normalized spacial score (nSPS) is 14.1. The van der Waals surface area contributed by atoms with Crippen molar-refractivity contribution in [1.82, 2.24) is 0 Å². The van der Waals surface area contributed by atoms with Gasteiger partial charge in [-0.15, -0.1) is 0 Å². The van der Waals surface area contributed by atoms with Crippen molar-refractivity contribution in [2.45, 2.75) is 20.0 Å². The van der Waals surface area contributed by atoms with E-state index in [4.69, 9.17) is 32.7 Å². The molecule has 0 radical (unpaired) electrons. The van der Waals surface area contributed by atoms with E-state index in [1.807, 2.05) is 55.5 Å². The van der Waals surface area contributed by atoms with Gasteiger partial charge in [-0.3, -0.25) is 4.79 Å². The number of fused-ring (bicyclic) bond motifs is 1. The van der Waals surface area contributed by atoms with Gasteiger partial charge in [-0.25, -0.2) is 0 Å². The molecule has 0 saturated carbocycles. The van der Waals surface area contributed by atoms with Gasteiger partial charge in [0.2, 0.25) is 0 Å². The first-order valence-electron chi connectivity index (χ1n) is 9.82. The van der Waals surface area contributed by atoms with Crippen LogP contribution in [0.1, 0.15) is 34.0 Å². The molecule has 0 saturated heterocycles. The van der Waals surface area contributed by atoms with Crippen LogP contribution in [0.5, 0.6) is 11.5 Å². The van der Waals surface area contributed by atoms with Crippen LogP contribution in [-0.2, 0) is 13.0 Å². The topological polar surface area (TPSA) is 35.5 Å². The molecule has 31 heavy (non-hydrogen) atoms. The lowest BCUT2D eigenvalue weighted by molar-refractivity contribution is 0.104. The first kappa shape index (κ1) is 22.2. The van der Waals surface area contributed by atoms with Crippen molar-refractivity contribution in [3.8, 4) is 11.5 Å².